The molecule has 0 unspecified atom stereocenters. The quantitative estimate of drug-likeness (QED) is 0.465. The maximum atomic E-state index is 10.9. The Kier molecular flexibility index (Phi) is 7.70. The summed E-state index contributed by atoms with van der Waals surface area (Å²) in [6.45, 7) is 4.88. The molecule has 0 aliphatic rings. The molecule has 130 valence electrons. The number of benzene rings is 1. The van der Waals surface area contributed by atoms with Gasteiger partial charge in [0.1, 0.15) is 16.7 Å². The molecule has 2 rings (SSSR count). The third kappa shape index (κ3) is 6.99. The van der Waals surface area contributed by atoms with Gasteiger partial charge in [0.05, 0.1) is 4.90 Å². The van der Waals surface area contributed by atoms with Crippen molar-refractivity contribution in [2.24, 2.45) is 0 Å². The molecule has 0 aliphatic heterocycles. The van der Waals surface area contributed by atoms with Crippen molar-refractivity contribution in [3.05, 3.63) is 59.9 Å². The van der Waals surface area contributed by atoms with Gasteiger partial charge in [-0.2, -0.15) is 0 Å². The molecule has 0 spiro atoms. The first-order chi connectivity index (χ1) is 11.2. The normalized spacial score (nSPS) is 10.7. The van der Waals surface area contributed by atoms with Crippen molar-refractivity contribution in [3.8, 4) is 0 Å². The number of ether oxygens (including phenoxy) is 1. The molecule has 0 aliphatic carbocycles. The van der Waals surface area contributed by atoms with Crippen LogP contribution in [0.4, 0.5) is 0 Å². The van der Waals surface area contributed by atoms with Crippen LogP contribution in [0.25, 0.3) is 0 Å². The van der Waals surface area contributed by atoms with E-state index in [0.717, 1.165) is 17.7 Å². The lowest BCUT2D eigenvalue weighted by atomic mass is 10.2. The van der Waals surface area contributed by atoms with Crippen LogP contribution >= 0.6 is 0 Å². The molecule has 0 atom stereocenters. The van der Waals surface area contributed by atoms with Crippen LogP contribution in [0.15, 0.2) is 53.7 Å². The number of hydrogen-bond donors (Lipinski definition) is 0. The van der Waals surface area contributed by atoms with Gasteiger partial charge in [-0.1, -0.05) is 17.7 Å². The number of Topliss-reactive ketones (excluding diaryl/α,β-unsaturated/α-hetero) is 1. The summed E-state index contributed by atoms with van der Waals surface area (Å²) >= 11 is 0. The molecule has 7 heteroatoms. The van der Waals surface area contributed by atoms with Crippen molar-refractivity contribution in [2.45, 2.75) is 25.3 Å². The van der Waals surface area contributed by atoms with Gasteiger partial charge in [0, 0.05) is 24.8 Å². The highest BCUT2D eigenvalue weighted by atomic mass is 32.2. The Balaban J connectivity index is 0.000000243. The molecule has 0 amide bonds. The van der Waals surface area contributed by atoms with Crippen molar-refractivity contribution in [1.29, 1.82) is 0 Å². The van der Waals surface area contributed by atoms with E-state index < -0.39 is 10.1 Å². The average Bonchev–Trinajstić information content (AvgIpc) is 2.53. The van der Waals surface area contributed by atoms with Gasteiger partial charge in [0.15, 0.2) is 24.7 Å². The monoisotopic (exact) mass is 351 g/mol. The van der Waals surface area contributed by atoms with Gasteiger partial charge in [-0.3, -0.25) is 4.79 Å². The van der Waals surface area contributed by atoms with Crippen LogP contribution in [-0.4, -0.2) is 32.5 Å². The Bertz CT molecular complexity index is 753. The Labute approximate surface area is 142 Å². The number of carbonyl (C=O) groups excluding carboxylic acids is 1. The third-order valence-corrected chi connectivity index (χ3v) is 4.01. The van der Waals surface area contributed by atoms with E-state index in [2.05, 4.69) is 0 Å². The first-order valence-corrected chi connectivity index (χ1v) is 8.66. The van der Waals surface area contributed by atoms with E-state index in [0.29, 0.717) is 6.61 Å². The van der Waals surface area contributed by atoms with Gasteiger partial charge >= 0.3 is 0 Å². The topological polar surface area (TPSA) is 87.4 Å². The molecule has 0 N–H and O–H groups in total. The zero-order valence-electron chi connectivity index (χ0n) is 13.9. The average molecular weight is 351 g/mol. The highest BCUT2D eigenvalue weighted by Crippen LogP contribution is 2.08. The standard InChI is InChI=1S/C10H14NO2.C7H8O3S/c1-9(12)10-3-5-11(6-4-10)7-8-13-2;1-6-2-4-7(5-3-6)11(8,9)10/h3-6H,7-8H2,1-2H3;2-5H,1H3,(H,8,9,10)/q+1;/p-1. The molecule has 24 heavy (non-hydrogen) atoms. The van der Waals surface area contributed by atoms with Crippen LogP contribution in [0.3, 0.4) is 0 Å². The second-order valence-electron chi connectivity index (χ2n) is 5.14. The number of pyridine rings is 1. The highest BCUT2D eigenvalue weighted by molar-refractivity contribution is 7.85. The van der Waals surface area contributed by atoms with E-state index in [1.165, 1.54) is 12.1 Å². The number of hydrogen-bond acceptors (Lipinski definition) is 5. The number of aromatic nitrogens is 1. The second kappa shape index (κ2) is 9.27. The minimum absolute atomic E-state index is 0.0962. The number of ketones is 1. The first kappa shape index (κ1) is 20.0. The van der Waals surface area contributed by atoms with Crippen LogP contribution in [0.2, 0.25) is 0 Å². The number of nitrogens with zero attached hydrogens (tertiary/aromatic N) is 1. The molecule has 0 fully saturated rings. The van der Waals surface area contributed by atoms with Gasteiger partial charge in [0.2, 0.25) is 0 Å². The van der Waals surface area contributed by atoms with Crippen LogP contribution < -0.4 is 4.57 Å². The van der Waals surface area contributed by atoms with Gasteiger partial charge < -0.3 is 9.29 Å². The summed E-state index contributed by atoms with van der Waals surface area (Å²) in [5.41, 5.74) is 1.67. The van der Waals surface area contributed by atoms with E-state index in [-0.39, 0.29) is 10.7 Å². The van der Waals surface area contributed by atoms with Crippen LogP contribution in [0.5, 0.6) is 0 Å². The van der Waals surface area contributed by atoms with E-state index in [4.69, 9.17) is 4.74 Å². The predicted molar refractivity (Wildman–Crippen MR) is 87.7 cm³/mol. The van der Waals surface area contributed by atoms with Crippen molar-refractivity contribution in [1.82, 2.24) is 0 Å². The molecule has 2 aromatic rings. The van der Waals surface area contributed by atoms with Crippen molar-refractivity contribution < 1.29 is 27.1 Å². The molecule has 6 nitrogen and oxygen atoms in total. The molecule has 0 bridgehead atoms. The van der Waals surface area contributed by atoms with Crippen molar-refractivity contribution in [3.63, 3.8) is 0 Å². The first-order valence-electron chi connectivity index (χ1n) is 7.25. The minimum Gasteiger partial charge on any atom is -0.744 e. The number of aryl methyl sites for hydroxylation is 1. The third-order valence-electron chi connectivity index (χ3n) is 3.16. The van der Waals surface area contributed by atoms with Crippen LogP contribution in [0, 0.1) is 6.92 Å². The Hall–Kier alpha value is -2.09. The highest BCUT2D eigenvalue weighted by Gasteiger charge is 2.02. The van der Waals surface area contributed by atoms with Crippen LogP contribution in [-0.2, 0) is 21.4 Å². The van der Waals surface area contributed by atoms with Crippen molar-refractivity contribution in [2.75, 3.05) is 13.7 Å². The molecule has 0 radical (unpaired) electrons. The van der Waals surface area contributed by atoms with E-state index in [9.17, 15) is 17.8 Å². The zero-order valence-corrected chi connectivity index (χ0v) is 14.7. The largest absolute Gasteiger partial charge is 0.744 e. The van der Waals surface area contributed by atoms with Crippen LogP contribution in [0.1, 0.15) is 22.8 Å². The predicted octanol–water partition coefficient (Wildman–Crippen LogP) is 1.72. The molecular formula is C17H21NO5S. The van der Waals surface area contributed by atoms with Gasteiger partial charge in [-0.25, -0.2) is 13.0 Å². The molecular weight excluding hydrogens is 330 g/mol. The lowest BCUT2D eigenvalue weighted by Gasteiger charge is -2.05. The summed E-state index contributed by atoms with van der Waals surface area (Å²) in [4.78, 5) is 10.8. The maximum Gasteiger partial charge on any atom is 0.171 e. The summed E-state index contributed by atoms with van der Waals surface area (Å²) < 4.78 is 38.1. The van der Waals surface area contributed by atoms with E-state index in [1.54, 1.807) is 26.2 Å². The second-order valence-corrected chi connectivity index (χ2v) is 6.52. The number of methoxy groups -OCH3 is 1. The summed E-state index contributed by atoms with van der Waals surface area (Å²) in [5, 5.41) is 0. The molecule has 0 saturated heterocycles. The Morgan fingerprint density at radius 2 is 1.67 bits per heavy atom. The molecule has 1 aromatic carbocycles. The van der Waals surface area contributed by atoms with E-state index >= 15 is 0 Å². The zero-order chi connectivity index (χ0) is 18.2. The lowest BCUT2D eigenvalue weighted by Crippen LogP contribution is -2.35. The number of rotatable bonds is 5. The fourth-order valence-electron chi connectivity index (χ4n) is 1.74. The fraction of sp³-hybridized carbons (Fsp3) is 0.294. The summed E-state index contributed by atoms with van der Waals surface area (Å²) in [5.74, 6) is 0.0962. The van der Waals surface area contributed by atoms with Crippen molar-refractivity contribution >= 4 is 15.9 Å². The summed E-state index contributed by atoms with van der Waals surface area (Å²) in [6, 6.07) is 9.42. The molecule has 0 saturated carbocycles. The molecule has 1 aromatic heterocycles. The Morgan fingerprint density at radius 1 is 1.12 bits per heavy atom. The fourth-order valence-corrected chi connectivity index (χ4v) is 2.21. The number of carbonyl (C=O) groups is 1. The minimum atomic E-state index is -4.27. The van der Waals surface area contributed by atoms with Gasteiger partial charge in [-0.15, -0.1) is 0 Å². The maximum absolute atomic E-state index is 10.9. The summed E-state index contributed by atoms with van der Waals surface area (Å²) in [7, 11) is -2.60. The summed E-state index contributed by atoms with van der Waals surface area (Å²) in [6.07, 6.45) is 3.77. The SMILES string of the molecule is COCC[n+]1ccc(C(C)=O)cc1.Cc1ccc(S(=O)(=O)[O-])cc1. The lowest BCUT2D eigenvalue weighted by molar-refractivity contribution is -0.698. The molecule has 1 heterocycles. The smallest absolute Gasteiger partial charge is 0.171 e. The van der Waals surface area contributed by atoms with Gasteiger partial charge in [-0.05, 0) is 26.0 Å². The van der Waals surface area contributed by atoms with E-state index in [1.807, 2.05) is 36.0 Å². The Morgan fingerprint density at radius 3 is 2.08 bits per heavy atom. The van der Waals surface area contributed by atoms with Gasteiger partial charge in [0.25, 0.3) is 0 Å².